The molecule has 134 valence electrons. The van der Waals surface area contributed by atoms with Crippen molar-refractivity contribution < 1.29 is 14.3 Å². The minimum Gasteiger partial charge on any atom is -0.497 e. The summed E-state index contributed by atoms with van der Waals surface area (Å²) >= 11 is 0. The van der Waals surface area contributed by atoms with Gasteiger partial charge in [-0.25, -0.2) is 0 Å². The van der Waals surface area contributed by atoms with E-state index >= 15 is 0 Å². The van der Waals surface area contributed by atoms with Gasteiger partial charge in [-0.2, -0.15) is 0 Å². The number of hydrogen-bond acceptors (Lipinski definition) is 3. The molecule has 0 aromatic heterocycles. The number of benzene rings is 3. The Labute approximate surface area is 158 Å². The first kappa shape index (κ1) is 17.1. The summed E-state index contributed by atoms with van der Waals surface area (Å²) in [5.74, 6) is 1.33. The normalized spacial score (nSPS) is 16.0. The molecule has 4 rings (SSSR count). The van der Waals surface area contributed by atoms with E-state index in [9.17, 15) is 4.79 Å². The van der Waals surface area contributed by atoms with Crippen LogP contribution in [0.2, 0.25) is 0 Å². The van der Waals surface area contributed by atoms with E-state index in [4.69, 9.17) is 9.47 Å². The molecular weight excluding hydrogens is 336 g/mol. The topological polar surface area (TPSA) is 35.5 Å². The number of Topliss-reactive ketones (excluding diaryl/α,β-unsaturated/α-hetero) is 1. The lowest BCUT2D eigenvalue weighted by Gasteiger charge is -2.27. The summed E-state index contributed by atoms with van der Waals surface area (Å²) in [6.45, 7) is 0. The second-order valence-electron chi connectivity index (χ2n) is 6.48. The number of ketones is 1. The van der Waals surface area contributed by atoms with Crippen LogP contribution in [0.1, 0.15) is 39.6 Å². The van der Waals surface area contributed by atoms with E-state index in [2.05, 4.69) is 0 Å². The molecule has 0 saturated carbocycles. The largest absolute Gasteiger partial charge is 0.497 e. The van der Waals surface area contributed by atoms with Crippen molar-refractivity contribution in [2.75, 3.05) is 7.11 Å². The molecule has 0 spiro atoms. The molecule has 0 aliphatic carbocycles. The Hall–Kier alpha value is -3.33. The van der Waals surface area contributed by atoms with Gasteiger partial charge in [-0.1, -0.05) is 72.8 Å². The van der Waals surface area contributed by atoms with Gasteiger partial charge in [0.15, 0.2) is 5.78 Å². The molecule has 3 nitrogen and oxygen atoms in total. The molecule has 1 atom stereocenters. The molecule has 1 aliphatic rings. The predicted octanol–water partition coefficient (Wildman–Crippen LogP) is 5.57. The van der Waals surface area contributed by atoms with Gasteiger partial charge < -0.3 is 9.47 Å². The Bertz CT molecular complexity index is 975. The number of ether oxygens (including phenoxy) is 2. The maximum Gasteiger partial charge on any atom is 0.171 e. The highest BCUT2D eigenvalue weighted by atomic mass is 16.5. The van der Waals surface area contributed by atoms with E-state index in [0.717, 1.165) is 16.7 Å². The van der Waals surface area contributed by atoms with Crippen LogP contribution < -0.4 is 9.47 Å². The highest BCUT2D eigenvalue weighted by Crippen LogP contribution is 2.39. The number of fused-ring (bicyclic) bond motifs is 1. The van der Waals surface area contributed by atoms with Crippen molar-refractivity contribution in [1.82, 2.24) is 0 Å². The first-order chi connectivity index (χ1) is 13.2. The molecule has 0 bridgehead atoms. The van der Waals surface area contributed by atoms with Gasteiger partial charge in [-0.05, 0) is 22.8 Å². The monoisotopic (exact) mass is 356 g/mol. The number of rotatable bonds is 4. The van der Waals surface area contributed by atoms with E-state index in [0.29, 0.717) is 23.5 Å². The van der Waals surface area contributed by atoms with Gasteiger partial charge in [0.2, 0.25) is 0 Å². The van der Waals surface area contributed by atoms with Crippen molar-refractivity contribution in [1.29, 1.82) is 0 Å². The third-order valence-corrected chi connectivity index (χ3v) is 4.69. The molecule has 0 fully saturated rings. The fourth-order valence-electron chi connectivity index (χ4n) is 3.32. The Kier molecular flexibility index (Phi) is 4.75. The van der Waals surface area contributed by atoms with Crippen LogP contribution in [0.4, 0.5) is 0 Å². The molecular formula is C24H20O3. The molecule has 0 unspecified atom stereocenters. The number of carbonyl (C=O) groups excluding carboxylic acids is 1. The Morgan fingerprint density at radius 1 is 0.963 bits per heavy atom. The van der Waals surface area contributed by atoms with Crippen LogP contribution in [0.15, 0.2) is 72.8 Å². The van der Waals surface area contributed by atoms with Crippen LogP contribution in [-0.4, -0.2) is 12.9 Å². The average Bonchev–Trinajstić information content (AvgIpc) is 2.72. The molecule has 3 aromatic rings. The van der Waals surface area contributed by atoms with Gasteiger partial charge in [0.05, 0.1) is 19.1 Å². The van der Waals surface area contributed by atoms with Gasteiger partial charge in [-0.15, -0.1) is 0 Å². The Morgan fingerprint density at radius 3 is 2.37 bits per heavy atom. The summed E-state index contributed by atoms with van der Waals surface area (Å²) in [6.07, 6.45) is 3.99. The first-order valence-corrected chi connectivity index (χ1v) is 8.94. The molecule has 3 aromatic carbocycles. The quantitative estimate of drug-likeness (QED) is 0.573. The Morgan fingerprint density at radius 2 is 1.67 bits per heavy atom. The van der Waals surface area contributed by atoms with E-state index < -0.39 is 0 Å². The summed E-state index contributed by atoms with van der Waals surface area (Å²) in [6, 6.07) is 23.5. The van der Waals surface area contributed by atoms with Crippen molar-refractivity contribution in [2.24, 2.45) is 0 Å². The third kappa shape index (κ3) is 3.63. The zero-order valence-corrected chi connectivity index (χ0v) is 15.1. The number of methoxy groups -OCH3 is 1. The lowest BCUT2D eigenvalue weighted by molar-refractivity contribution is 0.0849. The van der Waals surface area contributed by atoms with Gasteiger partial charge in [-0.3, -0.25) is 4.79 Å². The third-order valence-electron chi connectivity index (χ3n) is 4.69. The fourth-order valence-corrected chi connectivity index (χ4v) is 3.32. The molecule has 0 N–H and O–H groups in total. The summed E-state index contributed by atoms with van der Waals surface area (Å²) < 4.78 is 11.6. The van der Waals surface area contributed by atoms with Gasteiger partial charge >= 0.3 is 0 Å². The zero-order chi connectivity index (χ0) is 18.6. The number of hydrogen-bond donors (Lipinski definition) is 0. The lowest BCUT2D eigenvalue weighted by Crippen LogP contribution is -2.21. The summed E-state index contributed by atoms with van der Waals surface area (Å²) in [4.78, 5) is 12.9. The van der Waals surface area contributed by atoms with E-state index in [1.165, 1.54) is 0 Å². The van der Waals surface area contributed by atoms with Crippen LogP contribution in [-0.2, 0) is 0 Å². The fraction of sp³-hybridized carbons (Fsp3) is 0.125. The van der Waals surface area contributed by atoms with Crippen molar-refractivity contribution in [3.63, 3.8) is 0 Å². The van der Waals surface area contributed by atoms with Crippen molar-refractivity contribution in [2.45, 2.75) is 12.5 Å². The minimum absolute atomic E-state index is 0.0838. The smallest absolute Gasteiger partial charge is 0.171 e. The van der Waals surface area contributed by atoms with E-state index in [1.54, 1.807) is 13.2 Å². The van der Waals surface area contributed by atoms with Crippen LogP contribution >= 0.6 is 0 Å². The molecule has 0 amide bonds. The van der Waals surface area contributed by atoms with Gasteiger partial charge in [0, 0.05) is 6.07 Å². The van der Waals surface area contributed by atoms with Crippen LogP contribution in [0.5, 0.6) is 11.5 Å². The molecule has 27 heavy (non-hydrogen) atoms. The second-order valence-corrected chi connectivity index (χ2v) is 6.48. The molecule has 1 heterocycles. The second kappa shape index (κ2) is 7.50. The standard InChI is InChI=1S/C24H20O3/c1-26-20-14-19(13-12-17-8-4-2-5-9-17)24-21(25)16-22(27-23(24)15-20)18-10-6-3-7-11-18/h2-15,22H,16H2,1H3/b13-12+/t22-/m0/s1. The maximum atomic E-state index is 12.9. The predicted molar refractivity (Wildman–Crippen MR) is 107 cm³/mol. The summed E-state index contributed by atoms with van der Waals surface area (Å²) in [5, 5.41) is 0. The molecule has 3 heteroatoms. The molecule has 0 saturated heterocycles. The SMILES string of the molecule is COc1cc(/C=C/c2ccccc2)c2c(c1)O[C@H](c1ccccc1)CC2=O. The van der Waals surface area contributed by atoms with Crippen molar-refractivity contribution in [3.05, 3.63) is 95.1 Å². The van der Waals surface area contributed by atoms with Gasteiger partial charge in [0.1, 0.15) is 17.6 Å². The number of carbonyl (C=O) groups is 1. The van der Waals surface area contributed by atoms with E-state index in [-0.39, 0.29) is 11.9 Å². The highest BCUT2D eigenvalue weighted by Gasteiger charge is 2.30. The van der Waals surface area contributed by atoms with Crippen LogP contribution in [0.3, 0.4) is 0 Å². The maximum absolute atomic E-state index is 12.9. The van der Waals surface area contributed by atoms with E-state index in [1.807, 2.05) is 78.9 Å². The summed E-state index contributed by atoms with van der Waals surface area (Å²) in [7, 11) is 1.62. The highest BCUT2D eigenvalue weighted by molar-refractivity contribution is 6.04. The minimum atomic E-state index is -0.274. The first-order valence-electron chi connectivity index (χ1n) is 8.94. The van der Waals surface area contributed by atoms with Gasteiger partial charge in [0.25, 0.3) is 0 Å². The molecule has 0 radical (unpaired) electrons. The van der Waals surface area contributed by atoms with Crippen molar-refractivity contribution >= 4 is 17.9 Å². The Balaban J connectivity index is 1.73. The van der Waals surface area contributed by atoms with Crippen LogP contribution in [0, 0.1) is 0 Å². The summed E-state index contributed by atoms with van der Waals surface area (Å²) in [5.41, 5.74) is 3.50. The molecule has 1 aliphatic heterocycles. The van der Waals surface area contributed by atoms with Crippen LogP contribution in [0.25, 0.3) is 12.2 Å². The van der Waals surface area contributed by atoms with Crippen molar-refractivity contribution in [3.8, 4) is 11.5 Å². The lowest BCUT2D eigenvalue weighted by atomic mass is 9.92. The average molecular weight is 356 g/mol. The zero-order valence-electron chi connectivity index (χ0n) is 15.1.